The molecule has 5 nitrogen and oxygen atoms in total. The number of rotatable bonds is 5. The standard InChI is InChI=1S/C14H17FN2O3/c1-8-5-11(17(19)20)6-12(13(8)15)14(18)16-7-9(2)10-3-4-10/h5-6,9-10H,3-4,7H2,1-2H3,(H,16,18). The minimum Gasteiger partial charge on any atom is -0.352 e. The van der Waals surface area contributed by atoms with Gasteiger partial charge in [0.15, 0.2) is 0 Å². The maximum atomic E-state index is 13.9. The third kappa shape index (κ3) is 3.12. The lowest BCUT2D eigenvalue weighted by atomic mass is 10.1. The molecular formula is C14H17FN2O3. The van der Waals surface area contributed by atoms with Gasteiger partial charge in [-0.1, -0.05) is 6.92 Å². The SMILES string of the molecule is Cc1cc([N+](=O)[O-])cc(C(=O)NCC(C)C2CC2)c1F. The van der Waals surface area contributed by atoms with Gasteiger partial charge < -0.3 is 5.32 Å². The highest BCUT2D eigenvalue weighted by molar-refractivity contribution is 5.95. The Kier molecular flexibility index (Phi) is 4.01. The molecule has 2 rings (SSSR count). The Morgan fingerprint density at radius 2 is 2.20 bits per heavy atom. The Bertz CT molecular complexity index is 556. The van der Waals surface area contributed by atoms with Crippen molar-refractivity contribution in [1.82, 2.24) is 5.32 Å². The summed E-state index contributed by atoms with van der Waals surface area (Å²) in [4.78, 5) is 22.1. The lowest BCUT2D eigenvalue weighted by Gasteiger charge is -2.12. The molecule has 0 saturated heterocycles. The Morgan fingerprint density at radius 1 is 1.55 bits per heavy atom. The van der Waals surface area contributed by atoms with Gasteiger partial charge in [-0.05, 0) is 37.2 Å². The fraction of sp³-hybridized carbons (Fsp3) is 0.500. The van der Waals surface area contributed by atoms with Crippen molar-refractivity contribution in [2.24, 2.45) is 11.8 Å². The van der Waals surface area contributed by atoms with Gasteiger partial charge in [-0.25, -0.2) is 4.39 Å². The van der Waals surface area contributed by atoms with Crippen molar-refractivity contribution in [2.45, 2.75) is 26.7 Å². The van der Waals surface area contributed by atoms with E-state index in [2.05, 4.69) is 5.32 Å². The molecule has 0 spiro atoms. The van der Waals surface area contributed by atoms with E-state index in [1.807, 2.05) is 6.92 Å². The van der Waals surface area contributed by atoms with Crippen LogP contribution in [0.1, 0.15) is 35.7 Å². The van der Waals surface area contributed by atoms with Crippen LogP contribution < -0.4 is 5.32 Å². The normalized spacial score (nSPS) is 15.8. The number of benzene rings is 1. The van der Waals surface area contributed by atoms with Gasteiger partial charge in [0, 0.05) is 18.7 Å². The van der Waals surface area contributed by atoms with Gasteiger partial charge in [-0.3, -0.25) is 14.9 Å². The first-order valence-corrected chi connectivity index (χ1v) is 6.63. The van der Waals surface area contributed by atoms with Crippen LogP contribution in [0.25, 0.3) is 0 Å². The molecule has 1 aliphatic rings. The van der Waals surface area contributed by atoms with E-state index in [-0.39, 0.29) is 16.8 Å². The van der Waals surface area contributed by atoms with Crippen molar-refractivity contribution >= 4 is 11.6 Å². The lowest BCUT2D eigenvalue weighted by Crippen LogP contribution is -2.29. The first-order valence-electron chi connectivity index (χ1n) is 6.63. The summed E-state index contributed by atoms with van der Waals surface area (Å²) in [5, 5.41) is 13.4. The van der Waals surface area contributed by atoms with E-state index in [1.54, 1.807) is 0 Å². The topological polar surface area (TPSA) is 72.2 Å². The van der Waals surface area contributed by atoms with Gasteiger partial charge in [0.1, 0.15) is 5.82 Å². The number of non-ortho nitro benzene ring substituents is 1. The largest absolute Gasteiger partial charge is 0.352 e. The van der Waals surface area contributed by atoms with Crippen LogP contribution in [-0.4, -0.2) is 17.4 Å². The second-order valence-corrected chi connectivity index (χ2v) is 5.41. The van der Waals surface area contributed by atoms with Gasteiger partial charge in [-0.15, -0.1) is 0 Å². The molecule has 1 aromatic carbocycles. The molecule has 1 unspecified atom stereocenters. The quantitative estimate of drug-likeness (QED) is 0.666. The van der Waals surface area contributed by atoms with Crippen molar-refractivity contribution in [1.29, 1.82) is 0 Å². The van der Waals surface area contributed by atoms with E-state index in [0.29, 0.717) is 18.4 Å². The Balaban J connectivity index is 2.13. The van der Waals surface area contributed by atoms with Crippen molar-refractivity contribution in [2.75, 3.05) is 6.54 Å². The summed E-state index contributed by atoms with van der Waals surface area (Å²) in [6.07, 6.45) is 2.34. The lowest BCUT2D eigenvalue weighted by molar-refractivity contribution is -0.385. The Labute approximate surface area is 116 Å². The van der Waals surface area contributed by atoms with Crippen molar-refractivity contribution in [3.05, 3.63) is 39.2 Å². The highest BCUT2D eigenvalue weighted by atomic mass is 19.1. The van der Waals surface area contributed by atoms with Gasteiger partial charge >= 0.3 is 0 Å². The number of nitrogens with zero attached hydrogens (tertiary/aromatic N) is 1. The summed E-state index contributed by atoms with van der Waals surface area (Å²) >= 11 is 0. The number of halogens is 1. The molecule has 1 aliphatic carbocycles. The molecule has 1 fully saturated rings. The fourth-order valence-corrected chi connectivity index (χ4v) is 2.20. The molecule has 1 N–H and O–H groups in total. The van der Waals surface area contributed by atoms with Crippen molar-refractivity contribution in [3.63, 3.8) is 0 Å². The zero-order chi connectivity index (χ0) is 14.9. The molecule has 0 radical (unpaired) electrons. The smallest absolute Gasteiger partial charge is 0.270 e. The van der Waals surface area contributed by atoms with Gasteiger partial charge in [0.05, 0.1) is 10.5 Å². The molecule has 108 valence electrons. The number of nitro benzene ring substituents is 1. The van der Waals surface area contributed by atoms with Crippen LogP contribution in [-0.2, 0) is 0 Å². The number of amides is 1. The average Bonchev–Trinajstić information content (AvgIpc) is 3.22. The van der Waals surface area contributed by atoms with Gasteiger partial charge in [0.25, 0.3) is 11.6 Å². The molecule has 0 aliphatic heterocycles. The molecule has 1 atom stereocenters. The summed E-state index contributed by atoms with van der Waals surface area (Å²) in [5.41, 5.74) is -0.441. The number of nitro groups is 1. The predicted molar refractivity (Wildman–Crippen MR) is 72.0 cm³/mol. The number of carbonyl (C=O) groups excluding carboxylic acids is 1. The van der Waals surface area contributed by atoms with Crippen LogP contribution >= 0.6 is 0 Å². The minimum absolute atomic E-state index is 0.0968. The van der Waals surface area contributed by atoms with E-state index in [0.717, 1.165) is 12.1 Å². The first-order chi connectivity index (χ1) is 9.40. The van der Waals surface area contributed by atoms with E-state index in [4.69, 9.17) is 0 Å². The van der Waals surface area contributed by atoms with E-state index in [1.165, 1.54) is 19.8 Å². The second kappa shape index (κ2) is 5.56. The highest BCUT2D eigenvalue weighted by Gasteiger charge is 2.28. The maximum absolute atomic E-state index is 13.9. The summed E-state index contributed by atoms with van der Waals surface area (Å²) in [6.45, 7) is 3.91. The molecule has 6 heteroatoms. The fourth-order valence-electron chi connectivity index (χ4n) is 2.20. The van der Waals surface area contributed by atoms with Gasteiger partial charge in [0.2, 0.25) is 0 Å². The molecule has 0 bridgehead atoms. The highest BCUT2D eigenvalue weighted by Crippen LogP contribution is 2.36. The number of hydrogen-bond acceptors (Lipinski definition) is 3. The number of carbonyl (C=O) groups is 1. The van der Waals surface area contributed by atoms with E-state index < -0.39 is 16.6 Å². The average molecular weight is 280 g/mol. The third-order valence-corrected chi connectivity index (χ3v) is 3.71. The maximum Gasteiger partial charge on any atom is 0.270 e. The van der Waals surface area contributed by atoms with Crippen molar-refractivity contribution < 1.29 is 14.1 Å². The Hall–Kier alpha value is -1.98. The van der Waals surface area contributed by atoms with Gasteiger partial charge in [-0.2, -0.15) is 0 Å². The number of hydrogen-bond donors (Lipinski definition) is 1. The van der Waals surface area contributed by atoms with Crippen LogP contribution in [0.15, 0.2) is 12.1 Å². The molecule has 1 aromatic rings. The van der Waals surface area contributed by atoms with Crippen LogP contribution in [0.3, 0.4) is 0 Å². The summed E-state index contributed by atoms with van der Waals surface area (Å²) in [6, 6.07) is 2.11. The predicted octanol–water partition coefficient (Wildman–Crippen LogP) is 2.82. The van der Waals surface area contributed by atoms with Crippen LogP contribution in [0.5, 0.6) is 0 Å². The summed E-state index contributed by atoms with van der Waals surface area (Å²) in [7, 11) is 0. The summed E-state index contributed by atoms with van der Waals surface area (Å²) < 4.78 is 13.9. The minimum atomic E-state index is -0.702. The van der Waals surface area contributed by atoms with E-state index in [9.17, 15) is 19.3 Å². The first kappa shape index (κ1) is 14.4. The number of nitrogens with one attached hydrogen (secondary N) is 1. The van der Waals surface area contributed by atoms with E-state index >= 15 is 0 Å². The summed E-state index contributed by atoms with van der Waals surface area (Å²) in [5.74, 6) is -0.317. The molecule has 20 heavy (non-hydrogen) atoms. The monoisotopic (exact) mass is 280 g/mol. The van der Waals surface area contributed by atoms with Crippen LogP contribution in [0.4, 0.5) is 10.1 Å². The van der Waals surface area contributed by atoms with Crippen LogP contribution in [0, 0.1) is 34.7 Å². The zero-order valence-corrected chi connectivity index (χ0v) is 11.5. The molecule has 1 saturated carbocycles. The second-order valence-electron chi connectivity index (χ2n) is 5.41. The van der Waals surface area contributed by atoms with Crippen LogP contribution in [0.2, 0.25) is 0 Å². The molecule has 0 aromatic heterocycles. The third-order valence-electron chi connectivity index (χ3n) is 3.71. The zero-order valence-electron chi connectivity index (χ0n) is 11.5. The molecule has 1 amide bonds. The Morgan fingerprint density at radius 3 is 2.75 bits per heavy atom. The number of aryl methyl sites for hydroxylation is 1. The molecular weight excluding hydrogens is 263 g/mol. The van der Waals surface area contributed by atoms with Crippen molar-refractivity contribution in [3.8, 4) is 0 Å². The molecule has 0 heterocycles.